The predicted molar refractivity (Wildman–Crippen MR) is 136 cm³/mol. The molecule has 0 aliphatic rings. The Morgan fingerprint density at radius 1 is 1.14 bits per heavy atom. The van der Waals surface area contributed by atoms with Crippen LogP contribution in [0.25, 0.3) is 10.9 Å². The van der Waals surface area contributed by atoms with E-state index in [0.29, 0.717) is 24.0 Å². The van der Waals surface area contributed by atoms with Gasteiger partial charge in [0.2, 0.25) is 0 Å². The van der Waals surface area contributed by atoms with Gasteiger partial charge in [-0.15, -0.1) is 0 Å². The molecule has 0 saturated carbocycles. The highest BCUT2D eigenvalue weighted by molar-refractivity contribution is 6.09. The van der Waals surface area contributed by atoms with Gasteiger partial charge in [-0.25, -0.2) is 9.87 Å². The first-order valence-corrected chi connectivity index (χ1v) is 11.6. The number of halogens is 1. The molecule has 0 fully saturated rings. The second kappa shape index (κ2) is 12.6. The number of aliphatic hydroxyl groups is 1. The number of carbonyl (C=O) groups is 1. The summed E-state index contributed by atoms with van der Waals surface area (Å²) in [6, 6.07) is 16.6. The number of anilines is 2. The number of aromatic nitrogens is 2. The van der Waals surface area contributed by atoms with Crippen LogP contribution >= 0.6 is 0 Å². The highest BCUT2D eigenvalue weighted by Gasteiger charge is 2.24. The Bertz CT molecular complexity index is 1260. The number of nitrogens with one attached hydrogen (secondary N) is 2. The molecule has 35 heavy (non-hydrogen) atoms. The van der Waals surface area contributed by atoms with Crippen molar-refractivity contribution in [3.63, 3.8) is 0 Å². The number of aryl methyl sites for hydroxylation is 3. The summed E-state index contributed by atoms with van der Waals surface area (Å²) in [5.41, 5.74) is 6.03. The Morgan fingerprint density at radius 3 is 2.63 bits per heavy atom. The summed E-state index contributed by atoms with van der Waals surface area (Å²) in [7, 11) is 0. The van der Waals surface area contributed by atoms with E-state index < -0.39 is 11.7 Å². The minimum Gasteiger partial charge on any atom is -0.394 e. The number of aliphatic hydroxyl groups excluding tert-OH is 1. The molecule has 0 atom stereocenters. The van der Waals surface area contributed by atoms with E-state index in [1.54, 1.807) is 24.5 Å². The highest BCUT2D eigenvalue weighted by atomic mass is 19.1. The molecule has 4 aromatic rings. The Kier molecular flexibility index (Phi) is 9.34. The fourth-order valence-electron chi connectivity index (χ4n) is 3.75. The molecule has 0 radical (unpaired) electrons. The Balaban J connectivity index is 0.00000167. The number of pyridine rings is 1. The normalized spacial score (nSPS) is 10.5. The summed E-state index contributed by atoms with van der Waals surface area (Å²) in [6.45, 7) is 6.03. The van der Waals surface area contributed by atoms with Crippen molar-refractivity contribution in [3.05, 3.63) is 89.6 Å². The largest absolute Gasteiger partial charge is 0.394 e. The molecule has 184 valence electrons. The van der Waals surface area contributed by atoms with Gasteiger partial charge in [-0.2, -0.15) is 0 Å². The molecule has 2 heterocycles. The third kappa shape index (κ3) is 6.23. The zero-order chi connectivity index (χ0) is 25.2. The van der Waals surface area contributed by atoms with Crippen molar-refractivity contribution in [2.75, 3.05) is 18.5 Å². The van der Waals surface area contributed by atoms with Crippen LogP contribution < -0.4 is 10.8 Å². The summed E-state index contributed by atoms with van der Waals surface area (Å²) in [5.74, 6) is -0.935. The maximum Gasteiger partial charge on any atom is 0.293 e. The summed E-state index contributed by atoms with van der Waals surface area (Å²) in [5, 5.41) is 12.8. The lowest BCUT2D eigenvalue weighted by molar-refractivity contribution is 0.0163. The number of carbonyl (C=O) groups excluding carboxylic acids is 1. The van der Waals surface area contributed by atoms with E-state index in [2.05, 4.69) is 15.8 Å². The lowest BCUT2D eigenvalue weighted by atomic mass is 10.1. The first-order valence-electron chi connectivity index (χ1n) is 11.6. The lowest BCUT2D eigenvalue weighted by Crippen LogP contribution is -2.28. The van der Waals surface area contributed by atoms with Crippen LogP contribution in [0.5, 0.6) is 0 Å². The smallest absolute Gasteiger partial charge is 0.293 e. The second-order valence-electron chi connectivity index (χ2n) is 7.62. The maximum atomic E-state index is 14.7. The molecule has 8 heteroatoms. The van der Waals surface area contributed by atoms with Crippen LogP contribution in [0.3, 0.4) is 0 Å². The number of rotatable bonds is 9. The molecule has 1 amide bonds. The summed E-state index contributed by atoms with van der Waals surface area (Å²) >= 11 is 0. The fraction of sp³-hybridized carbons (Fsp3) is 0.259. The van der Waals surface area contributed by atoms with E-state index in [9.17, 15) is 9.18 Å². The topological polar surface area (TPSA) is 88.4 Å². The number of amides is 1. The number of hydroxylamine groups is 1. The molecule has 0 bridgehead atoms. The van der Waals surface area contributed by atoms with E-state index in [4.69, 9.17) is 9.94 Å². The van der Waals surface area contributed by atoms with Crippen LogP contribution in [0.2, 0.25) is 0 Å². The number of hydrogen-bond acceptors (Lipinski definition) is 5. The van der Waals surface area contributed by atoms with Crippen LogP contribution in [-0.2, 0) is 17.8 Å². The van der Waals surface area contributed by atoms with Gasteiger partial charge in [-0.1, -0.05) is 50.2 Å². The molecule has 0 aliphatic carbocycles. The number of nitrogens with zero attached hydrogens (tertiary/aromatic N) is 2. The average molecular weight is 479 g/mol. The minimum atomic E-state index is -0.511. The molecule has 0 unspecified atom stereocenters. The van der Waals surface area contributed by atoms with Crippen molar-refractivity contribution in [1.82, 2.24) is 15.0 Å². The van der Waals surface area contributed by atoms with Crippen molar-refractivity contribution in [2.24, 2.45) is 0 Å². The SMILES string of the molecule is CC.Cc1ccc(Nc2c(C(=O)NOCCO)n(CCc3ccccc3)c3ccncc23)c(F)c1. The molecule has 7 nitrogen and oxygen atoms in total. The third-order valence-electron chi connectivity index (χ3n) is 5.29. The highest BCUT2D eigenvalue weighted by Crippen LogP contribution is 2.34. The van der Waals surface area contributed by atoms with Gasteiger partial charge >= 0.3 is 0 Å². The summed E-state index contributed by atoms with van der Waals surface area (Å²) < 4.78 is 16.5. The van der Waals surface area contributed by atoms with Crippen molar-refractivity contribution < 1.29 is 19.1 Å². The first kappa shape index (κ1) is 25.9. The second-order valence-corrected chi connectivity index (χ2v) is 7.62. The van der Waals surface area contributed by atoms with E-state index in [-0.39, 0.29) is 24.6 Å². The Labute approximate surface area is 204 Å². The van der Waals surface area contributed by atoms with Gasteiger partial charge in [0.05, 0.1) is 30.1 Å². The molecular weight excluding hydrogens is 447 g/mol. The van der Waals surface area contributed by atoms with Crippen molar-refractivity contribution in [1.29, 1.82) is 0 Å². The van der Waals surface area contributed by atoms with Crippen LogP contribution in [-0.4, -0.2) is 33.8 Å². The Morgan fingerprint density at radius 2 is 1.91 bits per heavy atom. The molecular formula is C27H31FN4O3. The third-order valence-corrected chi connectivity index (χ3v) is 5.29. The van der Waals surface area contributed by atoms with E-state index >= 15 is 0 Å². The first-order chi connectivity index (χ1) is 17.1. The fourth-order valence-corrected chi connectivity index (χ4v) is 3.75. The van der Waals surface area contributed by atoms with Crippen molar-refractivity contribution in [2.45, 2.75) is 33.7 Å². The van der Waals surface area contributed by atoms with Gasteiger partial charge in [0.25, 0.3) is 5.91 Å². The summed E-state index contributed by atoms with van der Waals surface area (Å²) in [6.07, 6.45) is 3.98. The van der Waals surface area contributed by atoms with Crippen LogP contribution in [0.4, 0.5) is 15.8 Å². The van der Waals surface area contributed by atoms with Gasteiger partial charge in [-0.05, 0) is 42.7 Å². The quantitative estimate of drug-likeness (QED) is 0.229. The van der Waals surface area contributed by atoms with Crippen LogP contribution in [0.1, 0.15) is 35.5 Å². The maximum absolute atomic E-state index is 14.7. The van der Waals surface area contributed by atoms with Crippen molar-refractivity contribution >= 4 is 28.2 Å². The molecule has 2 aromatic heterocycles. The minimum absolute atomic E-state index is 0.0487. The van der Waals surface area contributed by atoms with Crippen LogP contribution in [0, 0.1) is 12.7 Å². The number of benzene rings is 2. The predicted octanol–water partition coefficient (Wildman–Crippen LogP) is 5.15. The zero-order valence-electron chi connectivity index (χ0n) is 20.2. The number of hydrogen-bond donors (Lipinski definition) is 3. The molecule has 0 saturated heterocycles. The average Bonchev–Trinajstić information content (AvgIpc) is 3.19. The molecule has 4 rings (SSSR count). The van der Waals surface area contributed by atoms with Gasteiger partial charge in [0.15, 0.2) is 0 Å². The molecule has 0 aliphatic heterocycles. The standard InChI is InChI=1S/C25H25FN4O3.C2H6/c1-17-7-8-21(20(26)15-17)28-23-19-16-27-11-9-22(19)30(12-10-18-5-3-2-4-6-18)24(23)25(32)29-33-14-13-31;1-2/h2-9,11,15-16,28,31H,10,12-14H2,1H3,(H,29,32);1-2H3. The molecule has 2 aromatic carbocycles. The van der Waals surface area contributed by atoms with Gasteiger partial charge in [0.1, 0.15) is 11.5 Å². The van der Waals surface area contributed by atoms with Gasteiger partial charge < -0.3 is 15.0 Å². The molecule has 0 spiro atoms. The van der Waals surface area contributed by atoms with Crippen molar-refractivity contribution in [3.8, 4) is 0 Å². The zero-order valence-corrected chi connectivity index (χ0v) is 20.2. The van der Waals surface area contributed by atoms with E-state index in [1.807, 2.05) is 61.7 Å². The van der Waals surface area contributed by atoms with E-state index in [0.717, 1.165) is 16.6 Å². The van der Waals surface area contributed by atoms with E-state index in [1.165, 1.54) is 6.07 Å². The van der Waals surface area contributed by atoms with Crippen LogP contribution in [0.15, 0.2) is 67.0 Å². The molecule has 3 N–H and O–H groups in total. The number of fused-ring (bicyclic) bond motifs is 1. The monoisotopic (exact) mass is 478 g/mol. The Hall–Kier alpha value is -3.75. The summed E-state index contributed by atoms with van der Waals surface area (Å²) in [4.78, 5) is 22.5. The van der Waals surface area contributed by atoms with Gasteiger partial charge in [0, 0.05) is 24.3 Å². The van der Waals surface area contributed by atoms with Gasteiger partial charge in [-0.3, -0.25) is 14.6 Å². The lowest BCUT2D eigenvalue weighted by Gasteiger charge is -2.14.